The monoisotopic (exact) mass is 356 g/mol. The van der Waals surface area contributed by atoms with Crippen LogP contribution in [-0.4, -0.2) is 41.3 Å². The summed E-state index contributed by atoms with van der Waals surface area (Å²) in [7, 11) is 1.64. The number of aromatic nitrogens is 2. The van der Waals surface area contributed by atoms with Gasteiger partial charge in [0.05, 0.1) is 7.11 Å². The number of carbonyl (C=O) groups is 1. The maximum atomic E-state index is 12.4. The van der Waals surface area contributed by atoms with Crippen molar-refractivity contribution in [3.05, 3.63) is 41.5 Å². The molecule has 0 bridgehead atoms. The van der Waals surface area contributed by atoms with Crippen LogP contribution in [0, 0.1) is 5.92 Å². The number of ether oxygens (including phenoxy) is 1. The minimum absolute atomic E-state index is 0.0184. The Balaban J connectivity index is 1.23. The van der Waals surface area contributed by atoms with E-state index in [2.05, 4.69) is 15.5 Å². The number of urea groups is 1. The standard InChI is InChI=1S/C19H24N4O3/c1-25-16-6-2-13(3-7-16)11-20-19(24)23-9-8-14(12-23)10-17-21-18(26-22-17)15-4-5-15/h2-3,6-7,14-15H,4-5,8-12H2,1H3,(H,20,24). The molecule has 1 saturated heterocycles. The van der Waals surface area contributed by atoms with E-state index in [9.17, 15) is 4.79 Å². The van der Waals surface area contributed by atoms with Gasteiger partial charge < -0.3 is 19.5 Å². The van der Waals surface area contributed by atoms with E-state index >= 15 is 0 Å². The molecule has 1 unspecified atom stereocenters. The van der Waals surface area contributed by atoms with Crippen molar-refractivity contribution in [1.29, 1.82) is 0 Å². The molecule has 1 aromatic heterocycles. The third-order valence-electron chi connectivity index (χ3n) is 5.06. The first-order valence-corrected chi connectivity index (χ1v) is 9.19. The number of amides is 2. The number of rotatable bonds is 6. The van der Waals surface area contributed by atoms with Crippen LogP contribution in [0.15, 0.2) is 28.8 Å². The van der Waals surface area contributed by atoms with Gasteiger partial charge in [-0.05, 0) is 42.9 Å². The highest BCUT2D eigenvalue weighted by Gasteiger charge is 2.31. The molecule has 1 saturated carbocycles. The van der Waals surface area contributed by atoms with Crippen LogP contribution in [0.25, 0.3) is 0 Å². The Kier molecular flexibility index (Phi) is 4.77. The van der Waals surface area contributed by atoms with Crippen LogP contribution >= 0.6 is 0 Å². The van der Waals surface area contributed by atoms with Gasteiger partial charge in [-0.1, -0.05) is 17.3 Å². The summed E-state index contributed by atoms with van der Waals surface area (Å²) in [5.41, 5.74) is 1.05. The van der Waals surface area contributed by atoms with Crippen molar-refractivity contribution < 1.29 is 14.1 Å². The molecule has 1 aliphatic heterocycles. The lowest BCUT2D eigenvalue weighted by Crippen LogP contribution is -2.38. The highest BCUT2D eigenvalue weighted by atomic mass is 16.5. The number of nitrogens with zero attached hydrogens (tertiary/aromatic N) is 3. The molecule has 4 rings (SSSR count). The van der Waals surface area contributed by atoms with E-state index in [1.165, 1.54) is 0 Å². The van der Waals surface area contributed by atoms with Gasteiger partial charge in [-0.15, -0.1) is 0 Å². The molecule has 0 radical (unpaired) electrons. The van der Waals surface area contributed by atoms with Gasteiger partial charge in [0.25, 0.3) is 0 Å². The topological polar surface area (TPSA) is 80.5 Å². The number of hydrogen-bond donors (Lipinski definition) is 1. The van der Waals surface area contributed by atoms with Gasteiger partial charge in [0, 0.05) is 32.0 Å². The summed E-state index contributed by atoms with van der Waals surface area (Å²) in [6, 6.07) is 7.69. The molecule has 26 heavy (non-hydrogen) atoms. The zero-order chi connectivity index (χ0) is 17.9. The molecule has 0 spiro atoms. The van der Waals surface area contributed by atoms with Crippen molar-refractivity contribution >= 4 is 6.03 Å². The van der Waals surface area contributed by atoms with Crippen molar-refractivity contribution in [2.75, 3.05) is 20.2 Å². The van der Waals surface area contributed by atoms with E-state index in [0.717, 1.165) is 61.8 Å². The number of benzene rings is 1. The zero-order valence-corrected chi connectivity index (χ0v) is 15.0. The second kappa shape index (κ2) is 7.35. The van der Waals surface area contributed by atoms with Gasteiger partial charge in [-0.25, -0.2) is 4.79 Å². The van der Waals surface area contributed by atoms with Crippen molar-refractivity contribution in [2.45, 2.75) is 38.1 Å². The summed E-state index contributed by atoms with van der Waals surface area (Å²) in [5.74, 6) is 3.25. The quantitative estimate of drug-likeness (QED) is 0.861. The molecule has 2 aromatic rings. The first-order valence-electron chi connectivity index (χ1n) is 9.19. The van der Waals surface area contributed by atoms with Crippen molar-refractivity contribution in [3.63, 3.8) is 0 Å². The number of likely N-dealkylation sites (tertiary alicyclic amines) is 1. The van der Waals surface area contributed by atoms with Gasteiger partial charge in [-0.2, -0.15) is 4.98 Å². The van der Waals surface area contributed by atoms with E-state index in [1.807, 2.05) is 29.2 Å². The van der Waals surface area contributed by atoms with Crippen LogP contribution in [0.5, 0.6) is 5.75 Å². The molecule has 1 N–H and O–H groups in total. The highest BCUT2D eigenvalue weighted by molar-refractivity contribution is 5.74. The minimum Gasteiger partial charge on any atom is -0.497 e. The van der Waals surface area contributed by atoms with Crippen LogP contribution < -0.4 is 10.1 Å². The Bertz CT molecular complexity index is 754. The Hall–Kier alpha value is -2.57. The third-order valence-corrected chi connectivity index (χ3v) is 5.06. The molecule has 7 nitrogen and oxygen atoms in total. The maximum Gasteiger partial charge on any atom is 0.317 e. The fourth-order valence-electron chi connectivity index (χ4n) is 3.32. The molecule has 138 valence electrons. The smallest absolute Gasteiger partial charge is 0.317 e. The van der Waals surface area contributed by atoms with Crippen LogP contribution in [0.3, 0.4) is 0 Å². The summed E-state index contributed by atoms with van der Waals surface area (Å²) in [6.07, 6.45) is 4.07. The molecule has 2 amide bonds. The minimum atomic E-state index is -0.0184. The van der Waals surface area contributed by atoms with E-state index in [0.29, 0.717) is 18.4 Å². The number of hydrogen-bond acceptors (Lipinski definition) is 5. The van der Waals surface area contributed by atoms with E-state index in [1.54, 1.807) is 7.11 Å². The van der Waals surface area contributed by atoms with Gasteiger partial charge in [0.2, 0.25) is 5.89 Å². The summed E-state index contributed by atoms with van der Waals surface area (Å²) < 4.78 is 10.5. The Morgan fingerprint density at radius 3 is 2.85 bits per heavy atom. The van der Waals surface area contributed by atoms with E-state index in [4.69, 9.17) is 9.26 Å². The Morgan fingerprint density at radius 2 is 2.12 bits per heavy atom. The van der Waals surface area contributed by atoms with Crippen molar-refractivity contribution in [1.82, 2.24) is 20.4 Å². The largest absolute Gasteiger partial charge is 0.497 e. The Morgan fingerprint density at radius 1 is 1.31 bits per heavy atom. The van der Waals surface area contributed by atoms with E-state index < -0.39 is 0 Å². The predicted molar refractivity (Wildman–Crippen MR) is 94.9 cm³/mol. The van der Waals surface area contributed by atoms with Gasteiger partial charge in [-0.3, -0.25) is 0 Å². The normalized spacial score (nSPS) is 19.6. The number of carbonyl (C=O) groups excluding carboxylic acids is 1. The summed E-state index contributed by atoms with van der Waals surface area (Å²) in [5, 5.41) is 7.07. The second-order valence-electron chi connectivity index (χ2n) is 7.13. The lowest BCUT2D eigenvalue weighted by molar-refractivity contribution is 0.206. The van der Waals surface area contributed by atoms with Crippen molar-refractivity contribution in [2.24, 2.45) is 5.92 Å². The molecule has 2 fully saturated rings. The maximum absolute atomic E-state index is 12.4. The lowest BCUT2D eigenvalue weighted by Gasteiger charge is -2.17. The van der Waals surface area contributed by atoms with Gasteiger partial charge in [0.1, 0.15) is 5.75 Å². The van der Waals surface area contributed by atoms with E-state index in [-0.39, 0.29) is 6.03 Å². The summed E-state index contributed by atoms with van der Waals surface area (Å²) in [4.78, 5) is 18.7. The first kappa shape index (κ1) is 16.9. The fourth-order valence-corrected chi connectivity index (χ4v) is 3.32. The van der Waals surface area contributed by atoms with Crippen LogP contribution in [0.2, 0.25) is 0 Å². The highest BCUT2D eigenvalue weighted by Crippen LogP contribution is 2.39. The fraction of sp³-hybridized carbons (Fsp3) is 0.526. The second-order valence-corrected chi connectivity index (χ2v) is 7.13. The van der Waals surface area contributed by atoms with Crippen molar-refractivity contribution in [3.8, 4) is 5.75 Å². The SMILES string of the molecule is COc1ccc(CNC(=O)N2CCC(Cc3noc(C4CC4)n3)C2)cc1. The van der Waals surface area contributed by atoms with Gasteiger partial charge in [0.15, 0.2) is 5.82 Å². The third kappa shape index (κ3) is 3.98. The Labute approximate surface area is 152 Å². The van der Waals surface area contributed by atoms with Crippen LogP contribution in [-0.2, 0) is 13.0 Å². The summed E-state index contributed by atoms with van der Waals surface area (Å²) in [6.45, 7) is 2.02. The molecule has 2 heterocycles. The number of nitrogens with one attached hydrogen (secondary N) is 1. The molecule has 7 heteroatoms. The molecule has 1 atom stereocenters. The van der Waals surface area contributed by atoms with Gasteiger partial charge >= 0.3 is 6.03 Å². The summed E-state index contributed by atoms with van der Waals surface area (Å²) >= 11 is 0. The predicted octanol–water partition coefficient (Wildman–Crippen LogP) is 2.73. The first-order chi connectivity index (χ1) is 12.7. The molecule has 1 aromatic carbocycles. The number of methoxy groups -OCH3 is 1. The average molecular weight is 356 g/mol. The molecule has 2 aliphatic rings. The molecular formula is C19H24N4O3. The molecular weight excluding hydrogens is 332 g/mol. The zero-order valence-electron chi connectivity index (χ0n) is 15.0. The lowest BCUT2D eigenvalue weighted by atomic mass is 10.1. The average Bonchev–Trinajstić information content (AvgIpc) is 3.24. The molecule has 1 aliphatic carbocycles. The van der Waals surface area contributed by atoms with Crippen LogP contribution in [0.1, 0.15) is 42.5 Å². The van der Waals surface area contributed by atoms with Crippen LogP contribution in [0.4, 0.5) is 4.79 Å².